The van der Waals surface area contributed by atoms with E-state index in [1.54, 1.807) is 0 Å². The summed E-state index contributed by atoms with van der Waals surface area (Å²) in [6.45, 7) is 1.75. The maximum absolute atomic E-state index is 10.7. The molecule has 5 heteroatoms. The second-order valence-electron chi connectivity index (χ2n) is 2.34. The molecule has 0 aliphatic rings. The van der Waals surface area contributed by atoms with E-state index in [2.05, 4.69) is 16.6 Å². The molecule has 1 rings (SSSR count). The molecular weight excluding hydrogens is 192 g/mol. The summed E-state index contributed by atoms with van der Waals surface area (Å²) in [7, 11) is 0. The van der Waals surface area contributed by atoms with Crippen LogP contribution < -0.4 is 10.2 Å². The van der Waals surface area contributed by atoms with Crippen molar-refractivity contribution in [2.75, 3.05) is 18.6 Å². The molecule has 0 radical (unpaired) electrons. The van der Waals surface area contributed by atoms with Crippen molar-refractivity contribution in [1.82, 2.24) is 10.3 Å². The Morgan fingerprint density at radius 3 is 3.17 bits per heavy atom. The van der Waals surface area contributed by atoms with Gasteiger partial charge in [0.15, 0.2) is 0 Å². The lowest BCUT2D eigenvalue weighted by Crippen LogP contribution is -2.17. The van der Waals surface area contributed by atoms with Gasteiger partial charge in [0.1, 0.15) is 0 Å². The minimum atomic E-state index is 0.0247. The van der Waals surface area contributed by atoms with E-state index in [0.29, 0.717) is 0 Å². The molecule has 0 saturated heterocycles. The van der Waals surface area contributed by atoms with Crippen LogP contribution in [0.15, 0.2) is 10.2 Å². The summed E-state index contributed by atoms with van der Waals surface area (Å²) >= 11 is 3.02. The fraction of sp³-hybridized carbons (Fsp3) is 0.571. The predicted octanol–water partition coefficient (Wildman–Crippen LogP) is 0.889. The third-order valence-electron chi connectivity index (χ3n) is 1.37. The molecule has 0 aliphatic carbocycles. The van der Waals surface area contributed by atoms with Crippen molar-refractivity contribution >= 4 is 23.1 Å². The molecule has 1 aromatic rings. The predicted molar refractivity (Wildman–Crippen MR) is 55.0 cm³/mol. The minimum Gasteiger partial charge on any atom is -0.315 e. The summed E-state index contributed by atoms with van der Waals surface area (Å²) in [4.78, 5) is 13.5. The summed E-state index contributed by atoms with van der Waals surface area (Å²) in [6.07, 6.45) is 2.08. The number of thioether (sulfide) groups is 1. The molecule has 2 N–H and O–H groups in total. The highest BCUT2D eigenvalue weighted by atomic mass is 32.2. The number of aromatic amines is 1. The van der Waals surface area contributed by atoms with E-state index in [1.807, 2.05) is 17.1 Å². The summed E-state index contributed by atoms with van der Waals surface area (Å²) in [5.74, 6) is 1.11. The fourth-order valence-corrected chi connectivity index (χ4v) is 1.73. The molecular formula is C7H12N2OS2. The molecule has 12 heavy (non-hydrogen) atoms. The Balaban J connectivity index is 2.20. The highest BCUT2D eigenvalue weighted by Gasteiger charge is 1.94. The third-order valence-corrected chi connectivity index (χ3v) is 2.70. The van der Waals surface area contributed by atoms with Gasteiger partial charge in [-0.25, -0.2) is 0 Å². The van der Waals surface area contributed by atoms with Gasteiger partial charge in [-0.05, 0) is 6.26 Å². The van der Waals surface area contributed by atoms with Crippen LogP contribution in [0, 0.1) is 0 Å². The van der Waals surface area contributed by atoms with Gasteiger partial charge in [-0.1, -0.05) is 11.3 Å². The summed E-state index contributed by atoms with van der Waals surface area (Å²) in [5, 5.41) is 5.09. The first-order chi connectivity index (χ1) is 5.83. The van der Waals surface area contributed by atoms with E-state index in [4.69, 9.17) is 0 Å². The Morgan fingerprint density at radius 1 is 1.75 bits per heavy atom. The molecule has 0 spiro atoms. The molecule has 0 aliphatic heterocycles. The van der Waals surface area contributed by atoms with Gasteiger partial charge < -0.3 is 10.3 Å². The van der Waals surface area contributed by atoms with Gasteiger partial charge >= 0.3 is 4.87 Å². The Kier molecular flexibility index (Phi) is 4.42. The number of thiazole rings is 1. The van der Waals surface area contributed by atoms with Gasteiger partial charge in [0.05, 0.1) is 0 Å². The van der Waals surface area contributed by atoms with Crippen LogP contribution in [0.5, 0.6) is 0 Å². The van der Waals surface area contributed by atoms with E-state index in [1.165, 1.54) is 11.3 Å². The fourth-order valence-electron chi connectivity index (χ4n) is 0.798. The number of nitrogens with one attached hydrogen (secondary N) is 2. The topological polar surface area (TPSA) is 44.9 Å². The van der Waals surface area contributed by atoms with E-state index in [0.717, 1.165) is 24.5 Å². The maximum atomic E-state index is 10.7. The molecule has 0 atom stereocenters. The Morgan fingerprint density at radius 2 is 2.58 bits per heavy atom. The number of hydrogen-bond donors (Lipinski definition) is 2. The Labute approximate surface area is 79.6 Å². The smallest absolute Gasteiger partial charge is 0.304 e. The first-order valence-electron chi connectivity index (χ1n) is 3.69. The van der Waals surface area contributed by atoms with Crippen LogP contribution in [0.4, 0.5) is 0 Å². The standard InChI is InChI=1S/C7H12N2OS2/c1-11-3-2-8-4-6-5-12-7(10)9-6/h5,8H,2-4H2,1H3,(H,9,10). The van der Waals surface area contributed by atoms with E-state index in [-0.39, 0.29) is 4.87 Å². The van der Waals surface area contributed by atoms with Gasteiger partial charge in [0.2, 0.25) is 0 Å². The summed E-state index contributed by atoms with van der Waals surface area (Å²) < 4.78 is 0. The van der Waals surface area contributed by atoms with Crippen LogP contribution in [0.3, 0.4) is 0 Å². The molecule has 68 valence electrons. The van der Waals surface area contributed by atoms with Crippen molar-refractivity contribution < 1.29 is 0 Å². The molecule has 0 fully saturated rings. The van der Waals surface area contributed by atoms with E-state index >= 15 is 0 Å². The second kappa shape index (κ2) is 5.40. The molecule has 0 unspecified atom stereocenters. The normalized spacial score (nSPS) is 10.4. The number of H-pyrrole nitrogens is 1. The first-order valence-corrected chi connectivity index (χ1v) is 5.96. The van der Waals surface area contributed by atoms with E-state index in [9.17, 15) is 4.79 Å². The zero-order valence-corrected chi connectivity index (χ0v) is 8.56. The molecule has 0 saturated carbocycles. The van der Waals surface area contributed by atoms with Gasteiger partial charge in [-0.2, -0.15) is 11.8 Å². The third kappa shape index (κ3) is 3.42. The van der Waals surface area contributed by atoms with Gasteiger partial charge in [0, 0.05) is 29.9 Å². The van der Waals surface area contributed by atoms with Crippen LogP contribution in [0.25, 0.3) is 0 Å². The van der Waals surface area contributed by atoms with Crippen molar-refractivity contribution in [3.63, 3.8) is 0 Å². The molecule has 1 heterocycles. The largest absolute Gasteiger partial charge is 0.315 e. The highest BCUT2D eigenvalue weighted by Crippen LogP contribution is 1.94. The van der Waals surface area contributed by atoms with Gasteiger partial charge in [-0.15, -0.1) is 0 Å². The molecule has 0 aromatic carbocycles. The SMILES string of the molecule is CSCCNCc1csc(=O)[nH]1. The lowest BCUT2D eigenvalue weighted by Gasteiger charge is -1.99. The molecule has 0 bridgehead atoms. The first kappa shape index (κ1) is 9.83. The van der Waals surface area contributed by atoms with Gasteiger partial charge in [-0.3, -0.25) is 4.79 Å². The van der Waals surface area contributed by atoms with Crippen LogP contribution in [0.2, 0.25) is 0 Å². The minimum absolute atomic E-state index is 0.0247. The number of hydrogen-bond acceptors (Lipinski definition) is 4. The average Bonchev–Trinajstić information content (AvgIpc) is 2.45. The van der Waals surface area contributed by atoms with Crippen molar-refractivity contribution in [1.29, 1.82) is 0 Å². The van der Waals surface area contributed by atoms with Crippen molar-refractivity contribution in [2.45, 2.75) is 6.54 Å². The zero-order chi connectivity index (χ0) is 8.81. The van der Waals surface area contributed by atoms with Crippen LogP contribution in [0.1, 0.15) is 5.69 Å². The van der Waals surface area contributed by atoms with Crippen molar-refractivity contribution in [2.24, 2.45) is 0 Å². The summed E-state index contributed by atoms with van der Waals surface area (Å²) in [6, 6.07) is 0. The van der Waals surface area contributed by atoms with Gasteiger partial charge in [0.25, 0.3) is 0 Å². The summed E-state index contributed by atoms with van der Waals surface area (Å²) in [5.41, 5.74) is 0.978. The van der Waals surface area contributed by atoms with Crippen molar-refractivity contribution in [3.05, 3.63) is 20.7 Å². The Bertz CT molecular complexity index is 268. The Hall–Kier alpha value is -0.260. The van der Waals surface area contributed by atoms with Crippen molar-refractivity contribution in [3.8, 4) is 0 Å². The molecule has 1 aromatic heterocycles. The molecule has 3 nitrogen and oxygen atoms in total. The lowest BCUT2D eigenvalue weighted by atomic mass is 10.5. The zero-order valence-electron chi connectivity index (χ0n) is 6.92. The van der Waals surface area contributed by atoms with Crippen LogP contribution in [-0.4, -0.2) is 23.5 Å². The van der Waals surface area contributed by atoms with E-state index < -0.39 is 0 Å². The van der Waals surface area contributed by atoms with Crippen LogP contribution >= 0.6 is 23.1 Å². The highest BCUT2D eigenvalue weighted by molar-refractivity contribution is 7.98. The van der Waals surface area contributed by atoms with Crippen LogP contribution in [-0.2, 0) is 6.54 Å². The molecule has 0 amide bonds. The average molecular weight is 204 g/mol. The second-order valence-corrected chi connectivity index (χ2v) is 4.17. The number of rotatable bonds is 5. The lowest BCUT2D eigenvalue weighted by molar-refractivity contribution is 0.718. The monoisotopic (exact) mass is 204 g/mol. The number of aromatic nitrogens is 1. The quantitative estimate of drug-likeness (QED) is 0.700. The maximum Gasteiger partial charge on any atom is 0.304 e.